The molecule has 2 unspecified atom stereocenters. The van der Waals surface area contributed by atoms with E-state index in [9.17, 15) is 9.90 Å². The Bertz CT molecular complexity index is 400. The van der Waals surface area contributed by atoms with Crippen molar-refractivity contribution in [3.05, 3.63) is 29.3 Å². The smallest absolute Gasteiger partial charge is 0.337 e. The van der Waals surface area contributed by atoms with Crippen molar-refractivity contribution in [1.82, 2.24) is 0 Å². The number of aliphatic carboxylic acids is 1. The highest BCUT2D eigenvalue weighted by molar-refractivity contribution is 5.75. The Morgan fingerprint density at radius 2 is 2.33 bits per heavy atom. The van der Waals surface area contributed by atoms with E-state index in [-0.39, 0.29) is 6.10 Å². The van der Waals surface area contributed by atoms with Crippen molar-refractivity contribution in [2.75, 3.05) is 0 Å². The fraction of sp³-hybridized carbons (Fsp3) is 0.364. The summed E-state index contributed by atoms with van der Waals surface area (Å²) < 4.78 is 5.47. The Hall–Kier alpha value is -1.55. The molecule has 1 aromatic carbocycles. The van der Waals surface area contributed by atoms with Gasteiger partial charge in [-0.2, -0.15) is 0 Å². The predicted molar refractivity (Wildman–Crippen MR) is 52.8 cm³/mol. The number of fused-ring (bicyclic) bond motifs is 1. The third-order valence-electron chi connectivity index (χ3n) is 2.52. The standard InChI is InChI=1S/C11H12O4/c1-6-5-8-7(10(12)11(13)14)3-2-4-9(8)15-6/h2-4,6,10,12H,5H2,1H3,(H,13,14). The van der Waals surface area contributed by atoms with Crippen LogP contribution in [0.3, 0.4) is 0 Å². The molecule has 2 N–H and O–H groups in total. The monoisotopic (exact) mass is 208 g/mol. The first-order valence-electron chi connectivity index (χ1n) is 4.79. The lowest BCUT2D eigenvalue weighted by Gasteiger charge is -2.09. The summed E-state index contributed by atoms with van der Waals surface area (Å²) in [5.74, 6) is -0.553. The number of hydrogen-bond acceptors (Lipinski definition) is 3. The molecule has 2 rings (SSSR count). The first kappa shape index (κ1) is 9.98. The normalized spacial score (nSPS) is 20.5. The van der Waals surface area contributed by atoms with Crippen LogP contribution >= 0.6 is 0 Å². The maximum Gasteiger partial charge on any atom is 0.337 e. The summed E-state index contributed by atoms with van der Waals surface area (Å²) in [4.78, 5) is 10.7. The van der Waals surface area contributed by atoms with E-state index < -0.39 is 12.1 Å². The Morgan fingerprint density at radius 1 is 1.60 bits per heavy atom. The number of rotatable bonds is 2. The van der Waals surface area contributed by atoms with Crippen molar-refractivity contribution >= 4 is 5.97 Å². The lowest BCUT2D eigenvalue weighted by Crippen LogP contribution is -2.12. The van der Waals surface area contributed by atoms with Gasteiger partial charge in [-0.3, -0.25) is 0 Å². The average molecular weight is 208 g/mol. The van der Waals surface area contributed by atoms with Crippen molar-refractivity contribution in [3.63, 3.8) is 0 Å². The molecule has 80 valence electrons. The molecule has 1 aromatic rings. The van der Waals surface area contributed by atoms with Crippen LogP contribution in [0.15, 0.2) is 18.2 Å². The number of carboxylic acid groups (broad SMARTS) is 1. The van der Waals surface area contributed by atoms with Gasteiger partial charge in [0.15, 0.2) is 6.10 Å². The molecular weight excluding hydrogens is 196 g/mol. The van der Waals surface area contributed by atoms with Gasteiger partial charge in [-0.1, -0.05) is 12.1 Å². The second-order valence-corrected chi connectivity index (χ2v) is 3.70. The van der Waals surface area contributed by atoms with Crippen LogP contribution in [0.5, 0.6) is 5.75 Å². The van der Waals surface area contributed by atoms with Gasteiger partial charge < -0.3 is 14.9 Å². The third kappa shape index (κ3) is 1.68. The molecule has 0 saturated heterocycles. The molecule has 0 spiro atoms. The second-order valence-electron chi connectivity index (χ2n) is 3.70. The average Bonchev–Trinajstić information content (AvgIpc) is 2.56. The number of carbonyl (C=O) groups is 1. The second kappa shape index (κ2) is 3.55. The molecule has 15 heavy (non-hydrogen) atoms. The minimum Gasteiger partial charge on any atom is -0.490 e. The van der Waals surface area contributed by atoms with E-state index in [1.54, 1.807) is 18.2 Å². The topological polar surface area (TPSA) is 66.8 Å². The SMILES string of the molecule is CC1Cc2c(cccc2C(O)C(=O)O)O1. The number of carboxylic acids is 1. The first-order chi connectivity index (χ1) is 7.09. The first-order valence-corrected chi connectivity index (χ1v) is 4.79. The summed E-state index contributed by atoms with van der Waals surface area (Å²) in [5.41, 5.74) is 1.24. The molecule has 2 atom stereocenters. The van der Waals surface area contributed by atoms with Crippen molar-refractivity contribution in [2.45, 2.75) is 25.6 Å². The molecule has 1 aliphatic rings. The van der Waals surface area contributed by atoms with E-state index >= 15 is 0 Å². The Morgan fingerprint density at radius 3 is 3.00 bits per heavy atom. The van der Waals surface area contributed by atoms with Crippen LogP contribution in [0.4, 0.5) is 0 Å². The summed E-state index contributed by atoms with van der Waals surface area (Å²) >= 11 is 0. The number of hydrogen-bond donors (Lipinski definition) is 2. The van der Waals surface area contributed by atoms with Gasteiger partial charge in [-0.15, -0.1) is 0 Å². The molecule has 1 aliphatic heterocycles. The van der Waals surface area contributed by atoms with Gasteiger partial charge in [0.2, 0.25) is 0 Å². The predicted octanol–water partition coefficient (Wildman–Crippen LogP) is 1.13. The molecule has 0 aromatic heterocycles. The lowest BCUT2D eigenvalue weighted by molar-refractivity contribution is -0.147. The maximum atomic E-state index is 10.7. The Kier molecular flexibility index (Phi) is 2.36. The summed E-state index contributed by atoms with van der Waals surface area (Å²) in [6.45, 7) is 1.91. The number of aliphatic hydroxyl groups is 1. The van der Waals surface area contributed by atoms with Crippen LogP contribution in [-0.4, -0.2) is 22.3 Å². The van der Waals surface area contributed by atoms with Crippen molar-refractivity contribution in [3.8, 4) is 5.75 Å². The minimum atomic E-state index is -1.46. The molecule has 0 bridgehead atoms. The number of ether oxygens (including phenoxy) is 1. The summed E-state index contributed by atoms with van der Waals surface area (Å²) in [6, 6.07) is 5.11. The largest absolute Gasteiger partial charge is 0.490 e. The van der Waals surface area contributed by atoms with E-state index in [1.165, 1.54) is 0 Å². The van der Waals surface area contributed by atoms with E-state index in [4.69, 9.17) is 9.84 Å². The quantitative estimate of drug-likeness (QED) is 0.764. The zero-order chi connectivity index (χ0) is 11.0. The van der Waals surface area contributed by atoms with Crippen molar-refractivity contribution < 1.29 is 19.7 Å². The molecule has 0 saturated carbocycles. The fourth-order valence-electron chi connectivity index (χ4n) is 1.85. The molecule has 4 heteroatoms. The zero-order valence-electron chi connectivity index (χ0n) is 8.30. The van der Waals surface area contributed by atoms with Crippen molar-refractivity contribution in [1.29, 1.82) is 0 Å². The van der Waals surface area contributed by atoms with Gasteiger partial charge in [0.1, 0.15) is 11.9 Å². The van der Waals surface area contributed by atoms with E-state index in [2.05, 4.69) is 0 Å². The molecule has 4 nitrogen and oxygen atoms in total. The van der Waals surface area contributed by atoms with Gasteiger partial charge >= 0.3 is 5.97 Å². The molecule has 1 heterocycles. The van der Waals surface area contributed by atoms with E-state index in [0.717, 1.165) is 5.56 Å². The van der Waals surface area contributed by atoms with Crippen LogP contribution in [-0.2, 0) is 11.2 Å². The number of aliphatic hydroxyl groups excluding tert-OH is 1. The highest BCUT2D eigenvalue weighted by atomic mass is 16.5. The molecule has 0 fully saturated rings. The van der Waals surface area contributed by atoms with Crippen molar-refractivity contribution in [2.24, 2.45) is 0 Å². The third-order valence-corrected chi connectivity index (χ3v) is 2.52. The molecule has 0 aliphatic carbocycles. The van der Waals surface area contributed by atoms with Crippen LogP contribution in [0, 0.1) is 0 Å². The van der Waals surface area contributed by atoms with Gasteiger partial charge in [0.05, 0.1) is 0 Å². The van der Waals surface area contributed by atoms with Gasteiger partial charge in [-0.25, -0.2) is 4.79 Å². The molecule has 0 radical (unpaired) electrons. The highest BCUT2D eigenvalue weighted by Gasteiger charge is 2.27. The molecular formula is C11H12O4. The zero-order valence-corrected chi connectivity index (χ0v) is 8.30. The summed E-state index contributed by atoms with van der Waals surface area (Å²) in [6.07, 6.45) is -0.772. The maximum absolute atomic E-state index is 10.7. The lowest BCUT2D eigenvalue weighted by atomic mass is 9.99. The van der Waals surface area contributed by atoms with Gasteiger partial charge in [0.25, 0.3) is 0 Å². The van der Waals surface area contributed by atoms with Crippen LogP contribution < -0.4 is 4.74 Å². The van der Waals surface area contributed by atoms with E-state index in [0.29, 0.717) is 17.7 Å². The summed E-state index contributed by atoms with van der Waals surface area (Å²) in [7, 11) is 0. The van der Waals surface area contributed by atoms with Gasteiger partial charge in [0, 0.05) is 12.0 Å². The minimum absolute atomic E-state index is 0.0437. The van der Waals surface area contributed by atoms with Crippen LogP contribution in [0.2, 0.25) is 0 Å². The van der Waals surface area contributed by atoms with Crippen LogP contribution in [0.1, 0.15) is 24.2 Å². The van der Waals surface area contributed by atoms with Crippen LogP contribution in [0.25, 0.3) is 0 Å². The number of benzene rings is 1. The highest BCUT2D eigenvalue weighted by Crippen LogP contribution is 2.34. The fourth-order valence-corrected chi connectivity index (χ4v) is 1.85. The molecule has 0 amide bonds. The summed E-state index contributed by atoms with van der Waals surface area (Å²) in [5, 5.41) is 18.2. The van der Waals surface area contributed by atoms with E-state index in [1.807, 2.05) is 6.92 Å². The Balaban J connectivity index is 2.42. The van der Waals surface area contributed by atoms with Gasteiger partial charge in [-0.05, 0) is 18.6 Å². The Labute approximate surface area is 87.1 Å².